The Hall–Kier alpha value is -1.65. The highest BCUT2D eigenvalue weighted by Gasteiger charge is 1.97. The van der Waals surface area contributed by atoms with Crippen molar-refractivity contribution >= 4 is 5.84 Å². The molecule has 11 heavy (non-hydrogen) atoms. The third-order valence-electron chi connectivity index (χ3n) is 1.03. The Morgan fingerprint density at radius 1 is 1.55 bits per heavy atom. The normalized spacial score (nSPS) is 11.2. The van der Waals surface area contributed by atoms with Crippen molar-refractivity contribution in [1.82, 2.24) is 15.4 Å². The first-order valence-electron chi connectivity index (χ1n) is 3.12. The summed E-state index contributed by atoms with van der Waals surface area (Å²) in [5, 5.41) is 3.71. The molecule has 0 bridgehead atoms. The lowest BCUT2D eigenvalue weighted by Crippen LogP contribution is -2.19. The van der Waals surface area contributed by atoms with Crippen LogP contribution in [0.15, 0.2) is 23.6 Å². The molecule has 1 aromatic heterocycles. The molecule has 0 amide bonds. The number of hydrogen-bond donors (Lipinski definition) is 2. The van der Waals surface area contributed by atoms with Gasteiger partial charge in [0.1, 0.15) is 0 Å². The summed E-state index contributed by atoms with van der Waals surface area (Å²) in [6.07, 6.45) is 3.22. The van der Waals surface area contributed by atoms with Crippen LogP contribution in [0.4, 0.5) is 0 Å². The zero-order chi connectivity index (χ0) is 8.10. The molecule has 1 rings (SSSR count). The van der Waals surface area contributed by atoms with Crippen LogP contribution in [0.5, 0.6) is 0 Å². The van der Waals surface area contributed by atoms with Gasteiger partial charge in [0, 0.05) is 19.4 Å². The van der Waals surface area contributed by atoms with Crippen LogP contribution in [-0.2, 0) is 0 Å². The number of hydrogen-bond acceptors (Lipinski definition) is 4. The number of rotatable bonds is 2. The lowest BCUT2D eigenvalue weighted by atomic mass is 10.5. The van der Waals surface area contributed by atoms with Crippen molar-refractivity contribution in [3.8, 4) is 0 Å². The van der Waals surface area contributed by atoms with Crippen LogP contribution in [-0.4, -0.2) is 22.9 Å². The summed E-state index contributed by atoms with van der Waals surface area (Å²) in [5.41, 5.74) is 8.02. The highest BCUT2D eigenvalue weighted by Crippen LogP contribution is 1.84. The van der Waals surface area contributed by atoms with Crippen molar-refractivity contribution in [3.63, 3.8) is 0 Å². The van der Waals surface area contributed by atoms with Crippen LogP contribution >= 0.6 is 0 Å². The minimum Gasteiger partial charge on any atom is -0.379 e. The number of nitrogens with one attached hydrogen (secondary N) is 1. The largest absolute Gasteiger partial charge is 0.379 e. The van der Waals surface area contributed by atoms with Crippen molar-refractivity contribution in [2.45, 2.75) is 0 Å². The summed E-state index contributed by atoms with van der Waals surface area (Å²) in [6, 6.07) is 1.72. The van der Waals surface area contributed by atoms with Crippen LogP contribution < -0.4 is 11.2 Å². The van der Waals surface area contributed by atoms with Gasteiger partial charge in [-0.3, -0.25) is 0 Å². The zero-order valence-corrected chi connectivity index (χ0v) is 6.15. The fourth-order valence-corrected chi connectivity index (χ4v) is 0.602. The zero-order valence-electron chi connectivity index (χ0n) is 6.15. The van der Waals surface area contributed by atoms with E-state index in [1.807, 2.05) is 0 Å². The summed E-state index contributed by atoms with van der Waals surface area (Å²) in [7, 11) is 1.66. The van der Waals surface area contributed by atoms with Gasteiger partial charge in [0.2, 0.25) is 0 Å². The van der Waals surface area contributed by atoms with Crippen molar-refractivity contribution < 1.29 is 0 Å². The molecule has 1 heterocycles. The maximum Gasteiger partial charge on any atom is 0.196 e. The van der Waals surface area contributed by atoms with Gasteiger partial charge in [-0.25, -0.2) is 9.97 Å². The SMILES string of the molecule is CN/N=C(\N)c1ncccn1. The lowest BCUT2D eigenvalue weighted by molar-refractivity contribution is 0.892. The van der Waals surface area contributed by atoms with Crippen molar-refractivity contribution in [2.24, 2.45) is 10.8 Å². The Kier molecular flexibility index (Phi) is 2.37. The van der Waals surface area contributed by atoms with Crippen molar-refractivity contribution in [3.05, 3.63) is 24.3 Å². The smallest absolute Gasteiger partial charge is 0.196 e. The molecule has 0 spiro atoms. The molecular weight excluding hydrogens is 142 g/mol. The van der Waals surface area contributed by atoms with Crippen LogP contribution in [0.3, 0.4) is 0 Å². The van der Waals surface area contributed by atoms with Gasteiger partial charge in [-0.1, -0.05) is 0 Å². The van der Waals surface area contributed by atoms with Gasteiger partial charge < -0.3 is 11.2 Å². The average Bonchev–Trinajstić information content (AvgIpc) is 2.07. The van der Waals surface area contributed by atoms with Crippen LogP contribution in [0.25, 0.3) is 0 Å². The molecule has 58 valence electrons. The van der Waals surface area contributed by atoms with Gasteiger partial charge in [0.05, 0.1) is 0 Å². The van der Waals surface area contributed by atoms with Gasteiger partial charge in [0.15, 0.2) is 11.7 Å². The van der Waals surface area contributed by atoms with Crippen LogP contribution in [0.2, 0.25) is 0 Å². The number of hydrazone groups is 1. The van der Waals surface area contributed by atoms with E-state index in [-0.39, 0.29) is 5.84 Å². The summed E-state index contributed by atoms with van der Waals surface area (Å²) < 4.78 is 0. The first-order chi connectivity index (χ1) is 5.34. The maximum absolute atomic E-state index is 5.47. The monoisotopic (exact) mass is 151 g/mol. The number of nitrogens with zero attached hydrogens (tertiary/aromatic N) is 3. The summed E-state index contributed by atoms with van der Waals surface area (Å²) in [4.78, 5) is 7.78. The van der Waals surface area contributed by atoms with Crippen LogP contribution in [0.1, 0.15) is 5.82 Å². The summed E-state index contributed by atoms with van der Waals surface area (Å²) in [6.45, 7) is 0. The minimum atomic E-state index is 0.285. The molecule has 0 aliphatic carbocycles. The first-order valence-corrected chi connectivity index (χ1v) is 3.12. The van der Waals surface area contributed by atoms with Gasteiger partial charge >= 0.3 is 0 Å². The van der Waals surface area contributed by atoms with Gasteiger partial charge in [0.25, 0.3) is 0 Å². The molecule has 0 radical (unpaired) electrons. The van der Waals surface area contributed by atoms with E-state index in [1.165, 1.54) is 0 Å². The Bertz CT molecular complexity index is 242. The second kappa shape index (κ2) is 3.50. The number of nitrogens with two attached hydrogens (primary N) is 1. The molecule has 0 aliphatic rings. The van der Waals surface area contributed by atoms with Crippen molar-refractivity contribution in [1.29, 1.82) is 0 Å². The second-order valence-corrected chi connectivity index (χ2v) is 1.79. The van der Waals surface area contributed by atoms with Gasteiger partial charge in [-0.2, -0.15) is 5.10 Å². The summed E-state index contributed by atoms with van der Waals surface area (Å²) in [5.74, 6) is 0.718. The van der Waals surface area contributed by atoms with E-state index in [1.54, 1.807) is 25.5 Å². The Morgan fingerprint density at radius 2 is 2.18 bits per heavy atom. The Labute approximate surface area is 64.4 Å². The predicted octanol–water partition coefficient (Wildman–Crippen LogP) is -0.684. The highest BCUT2D eigenvalue weighted by molar-refractivity contribution is 5.93. The molecule has 0 unspecified atom stereocenters. The first kappa shape index (κ1) is 7.46. The van der Waals surface area contributed by atoms with Crippen molar-refractivity contribution in [2.75, 3.05) is 7.05 Å². The fraction of sp³-hybridized carbons (Fsp3) is 0.167. The molecule has 0 atom stereocenters. The average molecular weight is 151 g/mol. The van der Waals surface area contributed by atoms with E-state index in [0.717, 1.165) is 0 Å². The van der Waals surface area contributed by atoms with Gasteiger partial charge in [-0.05, 0) is 6.07 Å². The molecule has 0 aromatic carbocycles. The molecule has 0 saturated carbocycles. The maximum atomic E-state index is 5.47. The second-order valence-electron chi connectivity index (χ2n) is 1.79. The standard InChI is InChI=1S/C6H9N5/c1-8-11-5(7)6-9-3-2-4-10-6/h2-4,8H,1H3,(H2,7,11). The Balaban J connectivity index is 2.85. The molecule has 1 aromatic rings. The predicted molar refractivity (Wildman–Crippen MR) is 41.8 cm³/mol. The van der Waals surface area contributed by atoms with Crippen LogP contribution in [0, 0.1) is 0 Å². The minimum absolute atomic E-state index is 0.285. The molecule has 5 heteroatoms. The van der Waals surface area contributed by atoms with E-state index in [0.29, 0.717) is 5.82 Å². The molecule has 0 fully saturated rings. The quantitative estimate of drug-likeness (QED) is 0.333. The summed E-state index contributed by atoms with van der Waals surface area (Å²) >= 11 is 0. The van der Waals surface area contributed by atoms with E-state index < -0.39 is 0 Å². The van der Waals surface area contributed by atoms with E-state index in [4.69, 9.17) is 5.73 Å². The molecule has 0 saturated heterocycles. The van der Waals surface area contributed by atoms with E-state index >= 15 is 0 Å². The Morgan fingerprint density at radius 3 is 2.73 bits per heavy atom. The molecular formula is C6H9N5. The molecule has 3 N–H and O–H groups in total. The molecule has 0 aliphatic heterocycles. The fourth-order valence-electron chi connectivity index (χ4n) is 0.602. The van der Waals surface area contributed by atoms with E-state index in [9.17, 15) is 0 Å². The van der Waals surface area contributed by atoms with Gasteiger partial charge in [-0.15, -0.1) is 0 Å². The topological polar surface area (TPSA) is 76.2 Å². The lowest BCUT2D eigenvalue weighted by Gasteiger charge is -1.95. The third kappa shape index (κ3) is 1.89. The highest BCUT2D eigenvalue weighted by atomic mass is 15.3. The molecule has 5 nitrogen and oxygen atoms in total. The number of aromatic nitrogens is 2. The number of amidine groups is 1. The van der Waals surface area contributed by atoms with E-state index in [2.05, 4.69) is 20.5 Å². The third-order valence-corrected chi connectivity index (χ3v) is 1.03.